The molecule has 1 aliphatic heterocycles. The maximum atomic E-state index is 12.7. The molecular weight excluding hydrogens is 314 g/mol. The van der Waals surface area contributed by atoms with E-state index in [0.717, 1.165) is 38.8 Å². The molecule has 0 bridgehead atoms. The third-order valence-corrected chi connectivity index (χ3v) is 5.13. The standard InChI is InChI=1S/C19H25N5O/c1-14-5-4-8-24(13-14)19(25)9-15-6-2-3-7-17(15)23-18-12-21-16(10-20)11-22-18/h5,11-12,15,17H,2-4,6-9,13H2,1H3,(H,22,23)/t15-,17-/m0/s1. The highest BCUT2D eigenvalue weighted by Gasteiger charge is 2.29. The molecule has 1 aromatic rings. The minimum Gasteiger partial charge on any atom is -0.366 e. The van der Waals surface area contributed by atoms with Gasteiger partial charge in [0, 0.05) is 25.6 Å². The Morgan fingerprint density at radius 1 is 1.36 bits per heavy atom. The summed E-state index contributed by atoms with van der Waals surface area (Å²) in [5.41, 5.74) is 1.60. The van der Waals surface area contributed by atoms with Crippen LogP contribution in [0.5, 0.6) is 0 Å². The van der Waals surface area contributed by atoms with Gasteiger partial charge in [-0.3, -0.25) is 4.79 Å². The Hall–Kier alpha value is -2.42. The molecule has 6 nitrogen and oxygen atoms in total. The third kappa shape index (κ3) is 4.56. The van der Waals surface area contributed by atoms with Gasteiger partial charge < -0.3 is 10.2 Å². The fourth-order valence-electron chi connectivity index (χ4n) is 3.77. The van der Waals surface area contributed by atoms with E-state index in [0.29, 0.717) is 23.9 Å². The Morgan fingerprint density at radius 3 is 2.92 bits per heavy atom. The lowest BCUT2D eigenvalue weighted by Crippen LogP contribution is -2.40. The Labute approximate surface area is 149 Å². The molecule has 1 saturated carbocycles. The molecule has 132 valence electrons. The highest BCUT2D eigenvalue weighted by atomic mass is 16.2. The van der Waals surface area contributed by atoms with Gasteiger partial charge in [-0.15, -0.1) is 0 Å². The Balaban J connectivity index is 1.61. The summed E-state index contributed by atoms with van der Waals surface area (Å²) in [5, 5.41) is 12.2. The van der Waals surface area contributed by atoms with Gasteiger partial charge >= 0.3 is 0 Å². The average molecular weight is 339 g/mol. The molecule has 0 radical (unpaired) electrons. The van der Waals surface area contributed by atoms with E-state index in [1.165, 1.54) is 18.2 Å². The van der Waals surface area contributed by atoms with Gasteiger partial charge in [0.2, 0.25) is 5.91 Å². The quantitative estimate of drug-likeness (QED) is 0.853. The van der Waals surface area contributed by atoms with Crippen LogP contribution in [0.1, 0.15) is 51.1 Å². The first-order chi connectivity index (χ1) is 12.2. The first-order valence-corrected chi connectivity index (χ1v) is 9.08. The van der Waals surface area contributed by atoms with E-state index in [-0.39, 0.29) is 11.9 Å². The van der Waals surface area contributed by atoms with Crippen molar-refractivity contribution in [2.75, 3.05) is 18.4 Å². The summed E-state index contributed by atoms with van der Waals surface area (Å²) in [6.07, 6.45) is 11.3. The molecule has 0 unspecified atom stereocenters. The zero-order valence-corrected chi connectivity index (χ0v) is 14.7. The summed E-state index contributed by atoms with van der Waals surface area (Å²) >= 11 is 0. The lowest BCUT2D eigenvalue weighted by Gasteiger charge is -2.34. The number of nitriles is 1. The molecule has 1 fully saturated rings. The second kappa shape index (κ2) is 8.11. The molecule has 1 amide bonds. The number of hydrogen-bond donors (Lipinski definition) is 1. The zero-order valence-electron chi connectivity index (χ0n) is 14.7. The number of hydrogen-bond acceptors (Lipinski definition) is 5. The normalized spacial score (nSPS) is 23.5. The number of carbonyl (C=O) groups excluding carboxylic acids is 1. The van der Waals surface area contributed by atoms with Crippen molar-refractivity contribution in [1.29, 1.82) is 5.26 Å². The number of amides is 1. The molecule has 25 heavy (non-hydrogen) atoms. The summed E-state index contributed by atoms with van der Waals surface area (Å²) in [6.45, 7) is 3.70. The van der Waals surface area contributed by atoms with Crippen molar-refractivity contribution in [1.82, 2.24) is 14.9 Å². The van der Waals surface area contributed by atoms with Gasteiger partial charge in [0.25, 0.3) is 0 Å². The topological polar surface area (TPSA) is 81.9 Å². The number of nitrogens with zero attached hydrogens (tertiary/aromatic N) is 4. The summed E-state index contributed by atoms with van der Waals surface area (Å²) in [6, 6.07) is 2.21. The summed E-state index contributed by atoms with van der Waals surface area (Å²) < 4.78 is 0. The van der Waals surface area contributed by atoms with Crippen molar-refractivity contribution in [3.05, 3.63) is 29.7 Å². The zero-order chi connectivity index (χ0) is 17.6. The summed E-state index contributed by atoms with van der Waals surface area (Å²) in [7, 11) is 0. The van der Waals surface area contributed by atoms with Gasteiger partial charge in [0.15, 0.2) is 5.69 Å². The smallest absolute Gasteiger partial charge is 0.223 e. The largest absolute Gasteiger partial charge is 0.366 e. The van der Waals surface area contributed by atoms with Crippen LogP contribution in [-0.4, -0.2) is 39.9 Å². The van der Waals surface area contributed by atoms with Crippen LogP contribution in [0.4, 0.5) is 5.82 Å². The van der Waals surface area contributed by atoms with Crippen LogP contribution in [0.15, 0.2) is 24.0 Å². The number of aromatic nitrogens is 2. The van der Waals surface area contributed by atoms with E-state index < -0.39 is 0 Å². The van der Waals surface area contributed by atoms with Gasteiger partial charge in [-0.25, -0.2) is 9.97 Å². The molecule has 6 heteroatoms. The van der Waals surface area contributed by atoms with Gasteiger partial charge in [-0.05, 0) is 32.1 Å². The molecular formula is C19H25N5O. The third-order valence-electron chi connectivity index (χ3n) is 5.13. The van der Waals surface area contributed by atoms with Crippen molar-refractivity contribution in [2.24, 2.45) is 5.92 Å². The number of rotatable bonds is 4. The van der Waals surface area contributed by atoms with E-state index in [1.54, 1.807) is 6.20 Å². The van der Waals surface area contributed by atoms with E-state index in [9.17, 15) is 4.79 Å². The SMILES string of the molecule is CC1=CCCN(C(=O)C[C@@H]2CCCC[C@@H]2Nc2cnc(C#N)cn2)C1. The van der Waals surface area contributed by atoms with Gasteiger partial charge in [0.05, 0.1) is 12.4 Å². The molecule has 0 saturated heterocycles. The first kappa shape index (κ1) is 17.4. The minimum absolute atomic E-state index is 0.237. The van der Waals surface area contributed by atoms with Crippen LogP contribution in [0.3, 0.4) is 0 Å². The average Bonchev–Trinajstić information content (AvgIpc) is 2.64. The molecule has 3 rings (SSSR count). The number of nitrogens with one attached hydrogen (secondary N) is 1. The van der Waals surface area contributed by atoms with Crippen molar-refractivity contribution in [3.8, 4) is 6.07 Å². The van der Waals surface area contributed by atoms with Crippen LogP contribution >= 0.6 is 0 Å². The van der Waals surface area contributed by atoms with Crippen LogP contribution in [-0.2, 0) is 4.79 Å². The van der Waals surface area contributed by atoms with Gasteiger partial charge in [-0.1, -0.05) is 24.5 Å². The summed E-state index contributed by atoms with van der Waals surface area (Å²) in [4.78, 5) is 23.0. The molecule has 0 aromatic carbocycles. The number of anilines is 1. The Bertz CT molecular complexity index is 676. The van der Waals surface area contributed by atoms with Crippen LogP contribution in [0.25, 0.3) is 0 Å². The van der Waals surface area contributed by atoms with E-state index >= 15 is 0 Å². The fraction of sp³-hybridized carbons (Fsp3) is 0.579. The molecule has 2 heterocycles. The lowest BCUT2D eigenvalue weighted by atomic mass is 9.82. The predicted octanol–water partition coefficient (Wildman–Crippen LogP) is 2.89. The van der Waals surface area contributed by atoms with E-state index in [1.807, 2.05) is 11.0 Å². The van der Waals surface area contributed by atoms with Gasteiger partial charge in [-0.2, -0.15) is 5.26 Å². The first-order valence-electron chi connectivity index (χ1n) is 9.08. The van der Waals surface area contributed by atoms with E-state index in [4.69, 9.17) is 5.26 Å². The molecule has 0 spiro atoms. The Kier molecular flexibility index (Phi) is 5.64. The van der Waals surface area contributed by atoms with Crippen molar-refractivity contribution < 1.29 is 4.79 Å². The highest BCUT2D eigenvalue weighted by Crippen LogP contribution is 2.30. The maximum Gasteiger partial charge on any atom is 0.223 e. The predicted molar refractivity (Wildman–Crippen MR) is 95.7 cm³/mol. The number of carbonyl (C=O) groups is 1. The monoisotopic (exact) mass is 339 g/mol. The van der Waals surface area contributed by atoms with Crippen LogP contribution in [0.2, 0.25) is 0 Å². The molecule has 2 atom stereocenters. The second-order valence-electron chi connectivity index (χ2n) is 7.05. The van der Waals surface area contributed by atoms with Crippen LogP contribution < -0.4 is 5.32 Å². The molecule has 2 aliphatic rings. The second-order valence-corrected chi connectivity index (χ2v) is 7.05. The van der Waals surface area contributed by atoms with Crippen molar-refractivity contribution >= 4 is 11.7 Å². The van der Waals surface area contributed by atoms with E-state index in [2.05, 4.69) is 28.3 Å². The molecule has 1 N–H and O–H groups in total. The molecule has 1 aromatic heterocycles. The maximum absolute atomic E-state index is 12.7. The Morgan fingerprint density at radius 2 is 2.20 bits per heavy atom. The van der Waals surface area contributed by atoms with Crippen molar-refractivity contribution in [2.45, 2.75) is 51.5 Å². The van der Waals surface area contributed by atoms with Crippen LogP contribution in [0, 0.1) is 17.2 Å². The highest BCUT2D eigenvalue weighted by molar-refractivity contribution is 5.77. The fourth-order valence-corrected chi connectivity index (χ4v) is 3.77. The van der Waals surface area contributed by atoms with Crippen molar-refractivity contribution in [3.63, 3.8) is 0 Å². The summed E-state index contributed by atoms with van der Waals surface area (Å²) in [5.74, 6) is 1.27. The molecule has 1 aliphatic carbocycles. The minimum atomic E-state index is 0.237. The lowest BCUT2D eigenvalue weighted by molar-refractivity contribution is -0.132. The van der Waals surface area contributed by atoms with Gasteiger partial charge in [0.1, 0.15) is 11.9 Å².